The van der Waals surface area contributed by atoms with Gasteiger partial charge in [-0.2, -0.15) is 0 Å². The van der Waals surface area contributed by atoms with E-state index in [1.54, 1.807) is 12.4 Å². The van der Waals surface area contributed by atoms with Crippen LogP contribution in [0.1, 0.15) is 45.1 Å². The third-order valence-electron chi connectivity index (χ3n) is 5.06. The number of nitrogens with zero attached hydrogens (tertiary/aromatic N) is 3. The van der Waals surface area contributed by atoms with E-state index in [0.717, 1.165) is 30.7 Å². The van der Waals surface area contributed by atoms with Crippen molar-refractivity contribution in [2.45, 2.75) is 57.3 Å². The van der Waals surface area contributed by atoms with Crippen molar-refractivity contribution >= 4 is 11.0 Å². The lowest BCUT2D eigenvalue weighted by atomic mass is 9.93. The minimum atomic E-state index is -0.0702. The number of hydrogen-bond acceptors (Lipinski definition) is 4. The molecule has 2 fully saturated rings. The minimum Gasteiger partial charge on any atom is -0.366 e. The van der Waals surface area contributed by atoms with Crippen molar-refractivity contribution in [2.75, 3.05) is 13.1 Å². The van der Waals surface area contributed by atoms with Crippen LogP contribution in [0.15, 0.2) is 30.6 Å². The molecular weight excluding hydrogens is 286 g/mol. The highest BCUT2D eigenvalue weighted by Crippen LogP contribution is 2.41. The van der Waals surface area contributed by atoms with Crippen LogP contribution in [0.5, 0.6) is 0 Å². The highest BCUT2D eigenvalue weighted by Gasteiger charge is 2.45. The maximum Gasteiger partial charge on any atom is 0.0890 e. The molecular formula is C19H25N3O. The number of hydrogen-bond donors (Lipinski definition) is 0. The largest absolute Gasteiger partial charge is 0.366 e. The van der Waals surface area contributed by atoms with E-state index >= 15 is 0 Å². The van der Waals surface area contributed by atoms with Crippen LogP contribution in [0.25, 0.3) is 11.0 Å². The summed E-state index contributed by atoms with van der Waals surface area (Å²) in [6, 6.07) is 6.43. The molecule has 4 heteroatoms. The predicted molar refractivity (Wildman–Crippen MR) is 91.2 cm³/mol. The van der Waals surface area contributed by atoms with E-state index in [-0.39, 0.29) is 11.2 Å². The molecule has 4 rings (SSSR count). The SMILES string of the molecule is CC1(C)CN(Cc2ccc3nccnc3c2)CC2(CCCC2)O1. The Morgan fingerprint density at radius 1 is 1.04 bits per heavy atom. The van der Waals surface area contributed by atoms with Gasteiger partial charge in [0.05, 0.1) is 22.2 Å². The number of benzene rings is 1. The van der Waals surface area contributed by atoms with Crippen molar-refractivity contribution in [3.05, 3.63) is 36.2 Å². The molecule has 2 heterocycles. The first-order valence-electron chi connectivity index (χ1n) is 8.66. The maximum absolute atomic E-state index is 6.50. The summed E-state index contributed by atoms with van der Waals surface area (Å²) in [4.78, 5) is 11.3. The van der Waals surface area contributed by atoms with Crippen LogP contribution in [0, 0.1) is 0 Å². The Bertz CT molecular complexity index is 707. The van der Waals surface area contributed by atoms with Crippen LogP contribution >= 0.6 is 0 Å². The zero-order chi connectivity index (χ0) is 15.9. The van der Waals surface area contributed by atoms with E-state index in [4.69, 9.17) is 4.74 Å². The fraction of sp³-hybridized carbons (Fsp3) is 0.579. The molecule has 0 N–H and O–H groups in total. The van der Waals surface area contributed by atoms with Gasteiger partial charge in [-0.05, 0) is 44.4 Å². The highest BCUT2D eigenvalue weighted by molar-refractivity contribution is 5.74. The van der Waals surface area contributed by atoms with Gasteiger partial charge in [0, 0.05) is 32.0 Å². The van der Waals surface area contributed by atoms with Crippen molar-refractivity contribution in [3.8, 4) is 0 Å². The van der Waals surface area contributed by atoms with Crippen LogP contribution < -0.4 is 0 Å². The number of rotatable bonds is 2. The van der Waals surface area contributed by atoms with Crippen LogP contribution in [-0.4, -0.2) is 39.2 Å². The quantitative estimate of drug-likeness (QED) is 0.850. The molecule has 4 nitrogen and oxygen atoms in total. The molecule has 1 aromatic carbocycles. The molecule has 1 saturated heterocycles. The van der Waals surface area contributed by atoms with Gasteiger partial charge in [-0.15, -0.1) is 0 Å². The average Bonchev–Trinajstić information content (AvgIpc) is 2.92. The highest BCUT2D eigenvalue weighted by atomic mass is 16.5. The Morgan fingerprint density at radius 2 is 1.78 bits per heavy atom. The first-order valence-corrected chi connectivity index (χ1v) is 8.66. The molecule has 1 aliphatic heterocycles. The van der Waals surface area contributed by atoms with Crippen LogP contribution in [-0.2, 0) is 11.3 Å². The summed E-state index contributed by atoms with van der Waals surface area (Å²) in [6.07, 6.45) is 8.52. The summed E-state index contributed by atoms with van der Waals surface area (Å²) in [5, 5.41) is 0. The molecule has 1 saturated carbocycles. The minimum absolute atomic E-state index is 0.0702. The zero-order valence-corrected chi connectivity index (χ0v) is 14.1. The first kappa shape index (κ1) is 15.0. The topological polar surface area (TPSA) is 38.2 Å². The molecule has 0 bridgehead atoms. The Labute approximate surface area is 137 Å². The smallest absolute Gasteiger partial charge is 0.0890 e. The van der Waals surface area contributed by atoms with Gasteiger partial charge in [-0.1, -0.05) is 18.9 Å². The monoisotopic (exact) mass is 311 g/mol. The second kappa shape index (κ2) is 5.53. The fourth-order valence-electron chi connectivity index (χ4n) is 4.41. The normalized spacial score (nSPS) is 23.6. The molecule has 1 aromatic heterocycles. The van der Waals surface area contributed by atoms with Gasteiger partial charge >= 0.3 is 0 Å². The van der Waals surface area contributed by atoms with Gasteiger partial charge in [-0.25, -0.2) is 0 Å². The summed E-state index contributed by atoms with van der Waals surface area (Å²) >= 11 is 0. The van der Waals surface area contributed by atoms with Crippen LogP contribution in [0.3, 0.4) is 0 Å². The molecule has 1 spiro atoms. The summed E-state index contributed by atoms with van der Waals surface area (Å²) in [7, 11) is 0. The van der Waals surface area contributed by atoms with Crippen molar-refractivity contribution in [3.63, 3.8) is 0 Å². The fourth-order valence-corrected chi connectivity index (χ4v) is 4.41. The Kier molecular flexibility index (Phi) is 3.62. The lowest BCUT2D eigenvalue weighted by Crippen LogP contribution is -2.58. The Morgan fingerprint density at radius 3 is 2.57 bits per heavy atom. The standard InChI is InChI=1S/C19H25N3O/c1-18(2)13-22(14-19(23-18)7-3-4-8-19)12-15-5-6-16-17(11-15)21-10-9-20-16/h5-6,9-11H,3-4,7-8,12-14H2,1-2H3. The summed E-state index contributed by atoms with van der Waals surface area (Å²) in [6.45, 7) is 7.44. The molecule has 2 aromatic rings. The van der Waals surface area contributed by atoms with Gasteiger partial charge in [0.15, 0.2) is 0 Å². The van der Waals surface area contributed by atoms with E-state index in [0.29, 0.717) is 0 Å². The molecule has 0 atom stereocenters. The summed E-state index contributed by atoms with van der Waals surface area (Å²) in [5.74, 6) is 0. The van der Waals surface area contributed by atoms with E-state index in [1.807, 2.05) is 0 Å². The van der Waals surface area contributed by atoms with Gasteiger partial charge in [0.1, 0.15) is 0 Å². The number of fused-ring (bicyclic) bond motifs is 1. The number of aromatic nitrogens is 2. The lowest BCUT2D eigenvalue weighted by molar-refractivity contribution is -0.195. The van der Waals surface area contributed by atoms with Crippen molar-refractivity contribution in [2.24, 2.45) is 0 Å². The summed E-state index contributed by atoms with van der Waals surface area (Å²) < 4.78 is 6.50. The second-order valence-electron chi connectivity index (χ2n) is 7.78. The van der Waals surface area contributed by atoms with E-state index in [2.05, 4.69) is 46.9 Å². The van der Waals surface area contributed by atoms with Gasteiger partial charge in [0.2, 0.25) is 0 Å². The Balaban J connectivity index is 1.56. The molecule has 23 heavy (non-hydrogen) atoms. The third-order valence-corrected chi connectivity index (χ3v) is 5.06. The molecule has 0 amide bonds. The zero-order valence-electron chi connectivity index (χ0n) is 14.1. The van der Waals surface area contributed by atoms with Gasteiger partial charge < -0.3 is 4.74 Å². The third kappa shape index (κ3) is 3.10. The molecule has 0 radical (unpaired) electrons. The average molecular weight is 311 g/mol. The second-order valence-corrected chi connectivity index (χ2v) is 7.78. The Hall–Kier alpha value is -1.52. The number of ether oxygens (including phenoxy) is 1. The van der Waals surface area contributed by atoms with Crippen molar-refractivity contribution in [1.29, 1.82) is 0 Å². The van der Waals surface area contributed by atoms with E-state index < -0.39 is 0 Å². The van der Waals surface area contributed by atoms with Gasteiger partial charge in [0.25, 0.3) is 0 Å². The molecule has 2 aliphatic rings. The van der Waals surface area contributed by atoms with Crippen LogP contribution in [0.4, 0.5) is 0 Å². The number of morpholine rings is 1. The first-order chi connectivity index (χ1) is 11.0. The summed E-state index contributed by atoms with van der Waals surface area (Å²) in [5.41, 5.74) is 3.26. The predicted octanol–water partition coefficient (Wildman–Crippen LogP) is 3.55. The molecule has 1 aliphatic carbocycles. The van der Waals surface area contributed by atoms with E-state index in [9.17, 15) is 0 Å². The van der Waals surface area contributed by atoms with Crippen LogP contribution in [0.2, 0.25) is 0 Å². The van der Waals surface area contributed by atoms with Gasteiger partial charge in [-0.3, -0.25) is 14.9 Å². The van der Waals surface area contributed by atoms with Crippen molar-refractivity contribution < 1.29 is 4.74 Å². The lowest BCUT2D eigenvalue weighted by Gasteiger charge is -2.49. The maximum atomic E-state index is 6.50. The molecule has 122 valence electrons. The van der Waals surface area contributed by atoms with E-state index in [1.165, 1.54) is 31.2 Å². The van der Waals surface area contributed by atoms with Crippen molar-refractivity contribution in [1.82, 2.24) is 14.9 Å². The molecule has 0 unspecified atom stereocenters.